The first-order valence-electron chi connectivity index (χ1n) is 7.00. The van der Waals surface area contributed by atoms with Crippen LogP contribution in [0, 0.1) is 21.4 Å². The van der Waals surface area contributed by atoms with Crippen LogP contribution in [-0.2, 0) is 0 Å². The number of nitrogens with zero attached hydrogens (tertiary/aromatic N) is 4. The van der Waals surface area contributed by atoms with Gasteiger partial charge in [-0.05, 0) is 30.3 Å². The van der Waals surface area contributed by atoms with Gasteiger partial charge in [0.05, 0.1) is 16.6 Å². The monoisotopic (exact) mass is 317 g/mol. The van der Waals surface area contributed by atoms with Gasteiger partial charge in [0.15, 0.2) is 5.82 Å². The third-order valence-corrected chi connectivity index (χ3v) is 3.29. The van der Waals surface area contributed by atoms with Crippen molar-refractivity contribution < 1.29 is 4.92 Å². The minimum absolute atomic E-state index is 0.157. The predicted molar refractivity (Wildman–Crippen MR) is 88.6 cm³/mol. The lowest BCUT2D eigenvalue weighted by atomic mass is 10.1. The van der Waals surface area contributed by atoms with Gasteiger partial charge in [-0.25, -0.2) is 9.97 Å². The van der Waals surface area contributed by atoms with E-state index in [9.17, 15) is 10.1 Å². The highest BCUT2D eigenvalue weighted by Gasteiger charge is 2.15. The first-order valence-corrected chi connectivity index (χ1v) is 7.00. The molecule has 0 amide bonds. The Balaban J connectivity index is 1.95. The Morgan fingerprint density at radius 3 is 2.58 bits per heavy atom. The highest BCUT2D eigenvalue weighted by Crippen LogP contribution is 2.29. The molecule has 1 N–H and O–H groups in total. The number of rotatable bonds is 4. The molecule has 3 aromatic rings. The zero-order valence-corrected chi connectivity index (χ0v) is 12.4. The lowest BCUT2D eigenvalue weighted by Gasteiger charge is -2.09. The summed E-state index contributed by atoms with van der Waals surface area (Å²) in [5.74, 6) is 0.565. The average Bonchev–Trinajstić information content (AvgIpc) is 2.63. The second kappa shape index (κ2) is 6.54. The van der Waals surface area contributed by atoms with E-state index in [1.807, 2.05) is 18.2 Å². The summed E-state index contributed by atoms with van der Waals surface area (Å²) in [6.45, 7) is 0. The fourth-order valence-corrected chi connectivity index (χ4v) is 2.20. The van der Waals surface area contributed by atoms with Crippen LogP contribution in [0.15, 0.2) is 60.9 Å². The van der Waals surface area contributed by atoms with Gasteiger partial charge in [0.2, 0.25) is 0 Å². The Morgan fingerprint density at radius 2 is 1.88 bits per heavy atom. The summed E-state index contributed by atoms with van der Waals surface area (Å²) < 4.78 is 0. The van der Waals surface area contributed by atoms with Gasteiger partial charge < -0.3 is 5.32 Å². The van der Waals surface area contributed by atoms with Crippen LogP contribution >= 0.6 is 0 Å². The van der Waals surface area contributed by atoms with Crippen LogP contribution < -0.4 is 5.32 Å². The van der Waals surface area contributed by atoms with Crippen molar-refractivity contribution >= 4 is 17.1 Å². The molecule has 1 heterocycles. The van der Waals surface area contributed by atoms with E-state index in [-0.39, 0.29) is 11.3 Å². The molecule has 0 bridgehead atoms. The molecule has 3 rings (SSSR count). The molecule has 0 aliphatic carbocycles. The number of anilines is 2. The topological polar surface area (TPSA) is 105 Å². The zero-order chi connectivity index (χ0) is 16.9. The van der Waals surface area contributed by atoms with E-state index < -0.39 is 4.92 Å². The van der Waals surface area contributed by atoms with E-state index in [4.69, 9.17) is 5.26 Å². The van der Waals surface area contributed by atoms with Crippen LogP contribution in [0.3, 0.4) is 0 Å². The maximum absolute atomic E-state index is 11.2. The number of benzene rings is 2. The molecule has 7 nitrogen and oxygen atoms in total. The summed E-state index contributed by atoms with van der Waals surface area (Å²) in [7, 11) is 0. The van der Waals surface area contributed by atoms with Crippen molar-refractivity contribution in [3.63, 3.8) is 0 Å². The van der Waals surface area contributed by atoms with Crippen LogP contribution in [0.4, 0.5) is 17.1 Å². The summed E-state index contributed by atoms with van der Waals surface area (Å²) in [4.78, 5) is 19.0. The predicted octanol–water partition coefficient (Wildman–Crippen LogP) is 3.67. The van der Waals surface area contributed by atoms with Gasteiger partial charge in [0.1, 0.15) is 5.69 Å². The van der Waals surface area contributed by atoms with Crippen molar-refractivity contribution in [1.29, 1.82) is 5.26 Å². The first-order chi connectivity index (χ1) is 11.7. The van der Waals surface area contributed by atoms with Gasteiger partial charge in [-0.1, -0.05) is 12.1 Å². The normalized spacial score (nSPS) is 9.96. The molecular weight excluding hydrogens is 306 g/mol. The average molecular weight is 317 g/mol. The van der Waals surface area contributed by atoms with Crippen molar-refractivity contribution in [3.05, 3.63) is 76.6 Å². The summed E-state index contributed by atoms with van der Waals surface area (Å²) in [5, 5.41) is 23.1. The molecule has 1 aromatic heterocycles. The molecular formula is C17H11N5O2. The van der Waals surface area contributed by atoms with E-state index in [1.54, 1.807) is 30.6 Å². The van der Waals surface area contributed by atoms with Crippen LogP contribution in [-0.4, -0.2) is 14.9 Å². The molecule has 0 fully saturated rings. The van der Waals surface area contributed by atoms with Crippen LogP contribution in [0.5, 0.6) is 0 Å². The molecule has 116 valence electrons. The smallest absolute Gasteiger partial charge is 0.293 e. The van der Waals surface area contributed by atoms with Crippen LogP contribution in [0.2, 0.25) is 0 Å². The largest absolute Gasteiger partial charge is 0.350 e. The fourth-order valence-electron chi connectivity index (χ4n) is 2.20. The highest BCUT2D eigenvalue weighted by atomic mass is 16.6. The number of nitro benzene ring substituents is 1. The van der Waals surface area contributed by atoms with E-state index in [2.05, 4.69) is 15.3 Å². The van der Waals surface area contributed by atoms with Crippen LogP contribution in [0.25, 0.3) is 11.4 Å². The van der Waals surface area contributed by atoms with Gasteiger partial charge in [0, 0.05) is 29.7 Å². The Labute approximate surface area is 137 Å². The molecule has 0 atom stereocenters. The number of nitriles is 1. The number of nitro groups is 1. The Kier molecular flexibility index (Phi) is 4.12. The van der Waals surface area contributed by atoms with Crippen molar-refractivity contribution in [1.82, 2.24) is 9.97 Å². The van der Waals surface area contributed by atoms with Crippen LogP contribution in [0.1, 0.15) is 5.56 Å². The summed E-state index contributed by atoms with van der Waals surface area (Å²) in [6.07, 6.45) is 3.29. The van der Waals surface area contributed by atoms with Gasteiger partial charge >= 0.3 is 0 Å². The van der Waals surface area contributed by atoms with Gasteiger partial charge in [-0.3, -0.25) is 10.1 Å². The van der Waals surface area contributed by atoms with E-state index in [1.165, 1.54) is 18.2 Å². The number of hydrogen-bond acceptors (Lipinski definition) is 6. The number of nitrogens with one attached hydrogen (secondary N) is 1. The maximum atomic E-state index is 11.2. The molecule has 0 saturated carbocycles. The lowest BCUT2D eigenvalue weighted by Crippen LogP contribution is -1.98. The number of aromatic nitrogens is 2. The fraction of sp³-hybridized carbons (Fsp3) is 0. The minimum Gasteiger partial charge on any atom is -0.350 e. The van der Waals surface area contributed by atoms with Gasteiger partial charge in [0.25, 0.3) is 5.69 Å². The first kappa shape index (κ1) is 15.1. The second-order valence-electron chi connectivity index (χ2n) is 4.88. The van der Waals surface area contributed by atoms with E-state index in [0.29, 0.717) is 17.2 Å². The molecule has 2 aromatic carbocycles. The van der Waals surface area contributed by atoms with Gasteiger partial charge in [-0.15, -0.1) is 0 Å². The molecule has 24 heavy (non-hydrogen) atoms. The summed E-state index contributed by atoms with van der Waals surface area (Å²) >= 11 is 0. The molecule has 0 aliphatic heterocycles. The molecule has 0 spiro atoms. The third-order valence-electron chi connectivity index (χ3n) is 3.29. The van der Waals surface area contributed by atoms with E-state index in [0.717, 1.165) is 5.56 Å². The molecule has 0 saturated heterocycles. The Bertz CT molecular complexity index is 935. The van der Waals surface area contributed by atoms with Gasteiger partial charge in [-0.2, -0.15) is 5.26 Å². The standard InChI is InChI=1S/C17H11N5O2/c18-11-12-5-6-15(16(9-12)22(23)24)21-14-4-1-3-13(10-14)17-19-7-2-8-20-17/h1-10,21H. The lowest BCUT2D eigenvalue weighted by molar-refractivity contribution is -0.383. The minimum atomic E-state index is -0.521. The zero-order valence-electron chi connectivity index (χ0n) is 12.4. The SMILES string of the molecule is N#Cc1ccc(Nc2cccc(-c3ncccn3)c2)c([N+](=O)[O-])c1. The number of hydrogen-bond donors (Lipinski definition) is 1. The molecule has 0 radical (unpaired) electrons. The molecule has 7 heteroatoms. The van der Waals surface area contributed by atoms with Crippen molar-refractivity contribution in [2.24, 2.45) is 0 Å². The maximum Gasteiger partial charge on any atom is 0.293 e. The molecule has 0 unspecified atom stereocenters. The molecule has 0 aliphatic rings. The van der Waals surface area contributed by atoms with Crippen molar-refractivity contribution in [2.75, 3.05) is 5.32 Å². The Hall–Kier alpha value is -3.79. The third kappa shape index (κ3) is 3.18. The highest BCUT2D eigenvalue weighted by molar-refractivity contribution is 5.73. The van der Waals surface area contributed by atoms with E-state index >= 15 is 0 Å². The van der Waals surface area contributed by atoms with Crippen molar-refractivity contribution in [3.8, 4) is 17.5 Å². The summed E-state index contributed by atoms with van der Waals surface area (Å²) in [6, 6.07) is 15.2. The quantitative estimate of drug-likeness (QED) is 0.581. The summed E-state index contributed by atoms with van der Waals surface area (Å²) in [5.41, 5.74) is 1.84. The van der Waals surface area contributed by atoms with Crippen molar-refractivity contribution in [2.45, 2.75) is 0 Å². The second-order valence-corrected chi connectivity index (χ2v) is 4.88. The Morgan fingerprint density at radius 1 is 1.08 bits per heavy atom.